The number of aliphatic carboxylic acids is 1. The van der Waals surface area contributed by atoms with Gasteiger partial charge in [-0.05, 0) is 55.9 Å². The van der Waals surface area contributed by atoms with Crippen LogP contribution in [0, 0.1) is 11.8 Å². The molecule has 0 amide bonds. The Labute approximate surface area is 160 Å². The average molecular weight is 380 g/mol. The predicted molar refractivity (Wildman–Crippen MR) is 102 cm³/mol. The smallest absolute Gasteiger partial charge is 0.303 e. The Morgan fingerprint density at radius 1 is 1.19 bits per heavy atom. The van der Waals surface area contributed by atoms with Crippen molar-refractivity contribution in [1.82, 2.24) is 0 Å². The number of rotatable bonds is 11. The van der Waals surface area contributed by atoms with E-state index in [0.717, 1.165) is 12.0 Å². The van der Waals surface area contributed by atoms with Crippen molar-refractivity contribution >= 4 is 5.97 Å². The third-order valence-corrected chi connectivity index (χ3v) is 5.45. The molecule has 0 unspecified atom stereocenters. The van der Waals surface area contributed by atoms with Gasteiger partial charge in [0.1, 0.15) is 0 Å². The van der Waals surface area contributed by atoms with Crippen molar-refractivity contribution in [3.05, 3.63) is 48.0 Å². The fourth-order valence-electron chi connectivity index (χ4n) is 3.84. The van der Waals surface area contributed by atoms with E-state index in [4.69, 9.17) is 5.11 Å². The molecule has 0 heterocycles. The summed E-state index contributed by atoms with van der Waals surface area (Å²) in [5, 5.41) is 18.8. The molecule has 0 aromatic heterocycles. The summed E-state index contributed by atoms with van der Waals surface area (Å²) in [7, 11) is 0. The molecule has 0 radical (unpaired) electrons. The zero-order valence-electron chi connectivity index (χ0n) is 15.7. The minimum atomic E-state index is -2.73. The summed E-state index contributed by atoms with van der Waals surface area (Å²) in [6.07, 6.45) is 6.51. The van der Waals surface area contributed by atoms with Crippen LogP contribution in [0.3, 0.4) is 0 Å². The minimum Gasteiger partial charge on any atom is -0.481 e. The van der Waals surface area contributed by atoms with E-state index in [0.29, 0.717) is 32.1 Å². The fraction of sp³-hybridized carbons (Fsp3) is 0.591. The lowest BCUT2D eigenvalue weighted by atomic mass is 9.87. The summed E-state index contributed by atoms with van der Waals surface area (Å²) in [6.45, 7) is 0. The molecule has 0 bridgehead atoms. The predicted octanol–water partition coefficient (Wildman–Crippen LogP) is 5.23. The number of carboxylic acid groups (broad SMARTS) is 1. The molecule has 1 aromatic carbocycles. The van der Waals surface area contributed by atoms with E-state index >= 15 is 0 Å². The Balaban J connectivity index is 1.78. The van der Waals surface area contributed by atoms with Gasteiger partial charge in [-0.25, -0.2) is 8.78 Å². The van der Waals surface area contributed by atoms with E-state index < -0.39 is 18.0 Å². The van der Waals surface area contributed by atoms with E-state index in [1.165, 1.54) is 0 Å². The summed E-state index contributed by atoms with van der Waals surface area (Å²) in [5.74, 6) is -3.57. The lowest BCUT2D eigenvalue weighted by Crippen LogP contribution is -2.24. The molecule has 1 aromatic rings. The van der Waals surface area contributed by atoms with Gasteiger partial charge >= 0.3 is 5.97 Å². The molecule has 1 aliphatic rings. The normalized spacial score (nSPS) is 23.1. The van der Waals surface area contributed by atoms with Gasteiger partial charge in [0.05, 0.1) is 6.10 Å². The van der Waals surface area contributed by atoms with Crippen LogP contribution in [0.15, 0.2) is 42.5 Å². The molecular weight excluding hydrogens is 350 g/mol. The number of carboxylic acids is 1. The van der Waals surface area contributed by atoms with Crippen molar-refractivity contribution in [2.75, 3.05) is 0 Å². The molecule has 0 aliphatic heterocycles. The monoisotopic (exact) mass is 380 g/mol. The first-order chi connectivity index (χ1) is 12.9. The van der Waals surface area contributed by atoms with Gasteiger partial charge in [-0.1, -0.05) is 42.5 Å². The van der Waals surface area contributed by atoms with Crippen LogP contribution in [0.1, 0.15) is 56.9 Å². The van der Waals surface area contributed by atoms with Crippen LogP contribution in [-0.2, 0) is 11.2 Å². The van der Waals surface area contributed by atoms with Crippen LogP contribution < -0.4 is 0 Å². The van der Waals surface area contributed by atoms with Gasteiger partial charge in [0.25, 0.3) is 0 Å². The second kappa shape index (κ2) is 10.5. The Morgan fingerprint density at radius 3 is 2.63 bits per heavy atom. The maximum Gasteiger partial charge on any atom is 0.303 e. The zero-order valence-corrected chi connectivity index (χ0v) is 15.7. The lowest BCUT2D eigenvalue weighted by molar-refractivity contribution is -0.137. The van der Waals surface area contributed by atoms with Gasteiger partial charge in [-0.3, -0.25) is 4.79 Å². The molecule has 2 N–H and O–H groups in total. The largest absolute Gasteiger partial charge is 0.481 e. The molecule has 1 aliphatic carbocycles. The first kappa shape index (κ1) is 21.5. The molecule has 1 saturated carbocycles. The Hall–Kier alpha value is -1.75. The van der Waals surface area contributed by atoms with Crippen LogP contribution >= 0.6 is 0 Å². The standard InChI is InChI=1S/C22H30F2O3/c23-22(24,15-13-17-7-3-1-4-8-17)16-14-19-18(11-12-20(19)25)9-5-2-6-10-21(26)27/h1,3-5,7-9,18-20,25H,2,6,10-16H2,(H,26,27)/b9-5+/t18-,19+,20+/m0/s1. The van der Waals surface area contributed by atoms with Gasteiger partial charge in [0.2, 0.25) is 5.92 Å². The number of allylic oxidation sites excluding steroid dienone is 2. The third kappa shape index (κ3) is 7.79. The Morgan fingerprint density at radius 2 is 1.93 bits per heavy atom. The number of hydrogen-bond donors (Lipinski definition) is 2. The molecule has 3 atom stereocenters. The number of halogens is 2. The Bertz CT molecular complexity index is 601. The van der Waals surface area contributed by atoms with Gasteiger partial charge < -0.3 is 10.2 Å². The van der Waals surface area contributed by atoms with Gasteiger partial charge in [-0.15, -0.1) is 0 Å². The number of benzene rings is 1. The SMILES string of the molecule is O=C(O)CCC/C=C/[C@H]1CC[C@@H](O)[C@@H]1CCC(F)(F)CCc1ccccc1. The van der Waals surface area contributed by atoms with Crippen LogP contribution in [0.2, 0.25) is 0 Å². The quantitative estimate of drug-likeness (QED) is 0.408. The van der Waals surface area contributed by atoms with Crippen molar-refractivity contribution < 1.29 is 23.8 Å². The summed E-state index contributed by atoms with van der Waals surface area (Å²) < 4.78 is 28.6. The average Bonchev–Trinajstić information content (AvgIpc) is 2.99. The highest BCUT2D eigenvalue weighted by atomic mass is 19.3. The first-order valence-electron chi connectivity index (χ1n) is 9.86. The summed E-state index contributed by atoms with van der Waals surface area (Å²) in [6, 6.07) is 9.31. The molecule has 0 spiro atoms. The van der Waals surface area contributed by atoms with Crippen molar-refractivity contribution in [3.8, 4) is 0 Å². The van der Waals surface area contributed by atoms with E-state index in [1.54, 1.807) is 0 Å². The number of alkyl halides is 2. The van der Waals surface area contributed by atoms with Crippen molar-refractivity contribution in [2.45, 2.75) is 69.8 Å². The van der Waals surface area contributed by atoms with E-state index in [1.807, 2.05) is 42.5 Å². The number of aliphatic hydroxyl groups excluding tert-OH is 1. The number of hydrogen-bond acceptors (Lipinski definition) is 2. The third-order valence-electron chi connectivity index (χ3n) is 5.45. The van der Waals surface area contributed by atoms with E-state index in [-0.39, 0.29) is 31.1 Å². The second-order valence-electron chi connectivity index (χ2n) is 7.57. The van der Waals surface area contributed by atoms with Crippen LogP contribution in [-0.4, -0.2) is 28.2 Å². The molecule has 2 rings (SSSR count). The topological polar surface area (TPSA) is 57.5 Å². The maximum atomic E-state index is 14.3. The highest BCUT2D eigenvalue weighted by molar-refractivity contribution is 5.66. The summed E-state index contributed by atoms with van der Waals surface area (Å²) in [5.41, 5.74) is 0.917. The second-order valence-corrected chi connectivity index (χ2v) is 7.57. The molecule has 27 heavy (non-hydrogen) atoms. The molecule has 5 heteroatoms. The van der Waals surface area contributed by atoms with Crippen LogP contribution in [0.25, 0.3) is 0 Å². The summed E-state index contributed by atoms with van der Waals surface area (Å²) >= 11 is 0. The van der Waals surface area contributed by atoms with E-state index in [2.05, 4.69) is 0 Å². The van der Waals surface area contributed by atoms with Gasteiger partial charge in [-0.2, -0.15) is 0 Å². The molecule has 0 saturated heterocycles. The van der Waals surface area contributed by atoms with Crippen LogP contribution in [0.4, 0.5) is 8.78 Å². The lowest BCUT2D eigenvalue weighted by Gasteiger charge is -2.23. The number of carbonyl (C=O) groups is 1. The molecule has 150 valence electrons. The number of aryl methyl sites for hydroxylation is 1. The fourth-order valence-corrected chi connectivity index (χ4v) is 3.84. The first-order valence-corrected chi connectivity index (χ1v) is 9.86. The van der Waals surface area contributed by atoms with Gasteiger partial charge in [0.15, 0.2) is 0 Å². The van der Waals surface area contributed by atoms with E-state index in [9.17, 15) is 18.7 Å². The van der Waals surface area contributed by atoms with Crippen molar-refractivity contribution in [3.63, 3.8) is 0 Å². The van der Waals surface area contributed by atoms with Gasteiger partial charge in [0, 0.05) is 19.3 Å². The highest BCUT2D eigenvalue weighted by Gasteiger charge is 2.37. The zero-order chi connectivity index (χ0) is 19.7. The van der Waals surface area contributed by atoms with Crippen molar-refractivity contribution in [2.24, 2.45) is 11.8 Å². The molecule has 3 nitrogen and oxygen atoms in total. The molecule has 1 fully saturated rings. The number of unbranched alkanes of at least 4 members (excludes halogenated alkanes) is 1. The maximum absolute atomic E-state index is 14.3. The molecular formula is C22H30F2O3. The highest BCUT2D eigenvalue weighted by Crippen LogP contribution is 2.39. The minimum absolute atomic E-state index is 0.106. The van der Waals surface area contributed by atoms with Crippen molar-refractivity contribution in [1.29, 1.82) is 0 Å². The van der Waals surface area contributed by atoms with Crippen LogP contribution in [0.5, 0.6) is 0 Å². The summed E-state index contributed by atoms with van der Waals surface area (Å²) in [4.78, 5) is 10.5. The Kier molecular flexibility index (Phi) is 8.42. The number of aliphatic hydroxyl groups is 1.